The Bertz CT molecular complexity index is 649. The molecule has 4 heteroatoms. The first-order chi connectivity index (χ1) is 14.1. The Morgan fingerprint density at radius 3 is 2.33 bits per heavy atom. The van der Waals surface area contributed by atoms with Gasteiger partial charge in [-0.25, -0.2) is 0 Å². The highest BCUT2D eigenvalue weighted by molar-refractivity contribution is 5.66. The molecule has 0 aliphatic heterocycles. The maximum Gasteiger partial charge on any atom is 0.303 e. The van der Waals surface area contributed by atoms with Crippen molar-refractivity contribution in [3.05, 3.63) is 0 Å². The topological polar surface area (TPSA) is 77.8 Å². The number of fused-ring (bicyclic) bond motifs is 5. The van der Waals surface area contributed by atoms with E-state index >= 15 is 0 Å². The number of aliphatic hydroxyl groups is 2. The number of carbonyl (C=O) groups is 1. The smallest absolute Gasteiger partial charge is 0.303 e. The molecule has 0 aromatic carbocycles. The van der Waals surface area contributed by atoms with Crippen molar-refractivity contribution in [3.63, 3.8) is 0 Å². The van der Waals surface area contributed by atoms with E-state index in [0.29, 0.717) is 41.4 Å². The Kier molecular flexibility index (Phi) is 6.07. The van der Waals surface area contributed by atoms with Crippen LogP contribution in [0.25, 0.3) is 0 Å². The molecule has 172 valence electrons. The fourth-order valence-corrected chi connectivity index (χ4v) is 9.48. The summed E-state index contributed by atoms with van der Waals surface area (Å²) < 4.78 is 0. The highest BCUT2D eigenvalue weighted by atomic mass is 16.4. The Hall–Kier alpha value is -0.610. The van der Waals surface area contributed by atoms with Crippen LogP contribution in [-0.4, -0.2) is 33.5 Å². The molecular weight excluding hydrogens is 376 g/mol. The van der Waals surface area contributed by atoms with Crippen molar-refractivity contribution in [3.8, 4) is 0 Å². The first-order valence-corrected chi connectivity index (χ1v) is 12.7. The molecule has 3 N–H and O–H groups in total. The van der Waals surface area contributed by atoms with Gasteiger partial charge in [-0.15, -0.1) is 0 Å². The van der Waals surface area contributed by atoms with E-state index in [4.69, 9.17) is 5.11 Å². The molecule has 0 aromatic heterocycles. The lowest BCUT2D eigenvalue weighted by Gasteiger charge is -2.64. The summed E-state index contributed by atoms with van der Waals surface area (Å²) >= 11 is 0. The molecule has 11 atom stereocenters. The standard InChI is InChI=1S/C26H44O4/c1-5-17-21-14-16(27)10-12-26(21,4)20-11-13-25(3)18(15(2)6-9-22(28)29)7-8-19(25)23(20)24(17)30/h15-21,23-24,27,30H,5-14H2,1-4H3,(H,28,29)/t15-,16-,17-,18?,19?,20?,21?,23?,24?,25-,26-/m1/s1. The highest BCUT2D eigenvalue weighted by Gasteiger charge is 2.64. The largest absolute Gasteiger partial charge is 0.481 e. The summed E-state index contributed by atoms with van der Waals surface area (Å²) in [6, 6.07) is 0. The molecular formula is C26H44O4. The van der Waals surface area contributed by atoms with Gasteiger partial charge in [0.2, 0.25) is 0 Å². The van der Waals surface area contributed by atoms with Crippen LogP contribution in [0.15, 0.2) is 0 Å². The van der Waals surface area contributed by atoms with E-state index in [1.165, 1.54) is 25.7 Å². The second-order valence-corrected chi connectivity index (χ2v) is 12.0. The van der Waals surface area contributed by atoms with E-state index in [-0.39, 0.29) is 29.5 Å². The van der Waals surface area contributed by atoms with Gasteiger partial charge in [-0.1, -0.05) is 34.1 Å². The van der Waals surface area contributed by atoms with E-state index in [9.17, 15) is 15.0 Å². The van der Waals surface area contributed by atoms with E-state index in [1.54, 1.807) is 0 Å². The second kappa shape index (κ2) is 8.06. The van der Waals surface area contributed by atoms with Crippen LogP contribution in [0.2, 0.25) is 0 Å². The summed E-state index contributed by atoms with van der Waals surface area (Å²) in [5.74, 6) is 2.58. The van der Waals surface area contributed by atoms with Gasteiger partial charge in [0.1, 0.15) is 0 Å². The SMILES string of the molecule is CC[C@H]1C(O)C2C3CCC([C@H](C)CCC(=O)O)[C@@]3(C)CCC2[C@@]2(C)CC[C@@H](O)CC12. The Labute approximate surface area is 182 Å². The number of hydrogen-bond acceptors (Lipinski definition) is 3. The average Bonchev–Trinajstić information content (AvgIpc) is 3.05. The Balaban J connectivity index is 1.61. The van der Waals surface area contributed by atoms with Gasteiger partial charge in [-0.05, 0) is 104 Å². The van der Waals surface area contributed by atoms with Gasteiger partial charge in [-0.2, -0.15) is 0 Å². The van der Waals surface area contributed by atoms with Crippen LogP contribution < -0.4 is 0 Å². The maximum absolute atomic E-state index is 11.7. The van der Waals surface area contributed by atoms with Gasteiger partial charge >= 0.3 is 5.97 Å². The number of carboxylic acid groups (broad SMARTS) is 1. The average molecular weight is 421 g/mol. The monoisotopic (exact) mass is 420 g/mol. The van der Waals surface area contributed by atoms with Gasteiger partial charge in [0, 0.05) is 6.42 Å². The molecule has 0 radical (unpaired) electrons. The summed E-state index contributed by atoms with van der Waals surface area (Å²) in [5, 5.41) is 31.3. The first-order valence-electron chi connectivity index (χ1n) is 12.7. The maximum atomic E-state index is 11.7. The van der Waals surface area contributed by atoms with Crippen molar-refractivity contribution in [2.24, 2.45) is 52.3 Å². The number of aliphatic carboxylic acids is 1. The van der Waals surface area contributed by atoms with Crippen LogP contribution in [0, 0.1) is 52.3 Å². The van der Waals surface area contributed by atoms with Gasteiger partial charge in [-0.3, -0.25) is 4.79 Å². The lowest BCUT2D eigenvalue weighted by atomic mass is 9.41. The van der Waals surface area contributed by atoms with Crippen molar-refractivity contribution in [2.45, 2.75) is 104 Å². The molecule has 0 spiro atoms. The van der Waals surface area contributed by atoms with E-state index in [2.05, 4.69) is 27.7 Å². The van der Waals surface area contributed by atoms with Crippen LogP contribution >= 0.6 is 0 Å². The Morgan fingerprint density at radius 2 is 1.67 bits per heavy atom. The molecule has 4 rings (SSSR count). The van der Waals surface area contributed by atoms with Crippen LogP contribution in [0.1, 0.15) is 91.9 Å². The van der Waals surface area contributed by atoms with Crippen molar-refractivity contribution in [1.82, 2.24) is 0 Å². The van der Waals surface area contributed by atoms with Crippen molar-refractivity contribution < 1.29 is 20.1 Å². The summed E-state index contributed by atoms with van der Waals surface area (Å²) in [4.78, 5) is 11.1. The zero-order chi connectivity index (χ0) is 21.8. The number of hydrogen-bond donors (Lipinski definition) is 3. The molecule has 0 aromatic rings. The van der Waals surface area contributed by atoms with Gasteiger partial charge in [0.05, 0.1) is 12.2 Å². The van der Waals surface area contributed by atoms with Crippen molar-refractivity contribution >= 4 is 5.97 Å². The molecule has 4 aliphatic carbocycles. The highest BCUT2D eigenvalue weighted by Crippen LogP contribution is 2.69. The van der Waals surface area contributed by atoms with Gasteiger partial charge in [0.25, 0.3) is 0 Å². The van der Waals surface area contributed by atoms with E-state index < -0.39 is 5.97 Å². The van der Waals surface area contributed by atoms with Gasteiger partial charge in [0.15, 0.2) is 0 Å². The minimum absolute atomic E-state index is 0.194. The van der Waals surface area contributed by atoms with Crippen LogP contribution in [0.4, 0.5) is 0 Å². The minimum Gasteiger partial charge on any atom is -0.481 e. The summed E-state index contributed by atoms with van der Waals surface area (Å²) in [6.45, 7) is 9.44. The second-order valence-electron chi connectivity index (χ2n) is 12.0. The molecule has 4 aliphatic rings. The fraction of sp³-hybridized carbons (Fsp3) is 0.962. The first kappa shape index (κ1) is 22.6. The summed E-state index contributed by atoms with van der Waals surface area (Å²) in [6.07, 6.45) is 9.27. The summed E-state index contributed by atoms with van der Waals surface area (Å²) in [5.41, 5.74) is 0.480. The molecule has 4 fully saturated rings. The molecule has 0 saturated heterocycles. The van der Waals surface area contributed by atoms with Gasteiger partial charge < -0.3 is 15.3 Å². The fourth-order valence-electron chi connectivity index (χ4n) is 9.48. The molecule has 0 heterocycles. The molecule has 4 saturated carbocycles. The number of rotatable bonds is 5. The predicted octanol–water partition coefficient (Wildman–Crippen LogP) is 5.11. The van der Waals surface area contributed by atoms with E-state index in [1.807, 2.05) is 0 Å². The molecule has 30 heavy (non-hydrogen) atoms. The molecule has 0 amide bonds. The van der Waals surface area contributed by atoms with E-state index in [0.717, 1.165) is 32.1 Å². The lowest BCUT2D eigenvalue weighted by molar-refractivity contribution is -0.203. The number of aliphatic hydroxyl groups excluding tert-OH is 2. The summed E-state index contributed by atoms with van der Waals surface area (Å²) in [7, 11) is 0. The normalized spacial score (nSPS) is 51.5. The van der Waals surface area contributed by atoms with Crippen LogP contribution in [0.3, 0.4) is 0 Å². The third kappa shape index (κ3) is 3.36. The zero-order valence-electron chi connectivity index (χ0n) is 19.5. The zero-order valence-corrected chi connectivity index (χ0v) is 19.5. The van der Waals surface area contributed by atoms with Crippen molar-refractivity contribution in [1.29, 1.82) is 0 Å². The predicted molar refractivity (Wildman–Crippen MR) is 118 cm³/mol. The third-order valence-electron chi connectivity index (χ3n) is 11.0. The molecule has 6 unspecified atom stereocenters. The molecule has 4 nitrogen and oxygen atoms in total. The van der Waals surface area contributed by atoms with Crippen molar-refractivity contribution in [2.75, 3.05) is 0 Å². The third-order valence-corrected chi connectivity index (χ3v) is 11.0. The quantitative estimate of drug-likeness (QED) is 0.577. The van der Waals surface area contributed by atoms with Crippen LogP contribution in [-0.2, 0) is 4.79 Å². The Morgan fingerprint density at radius 1 is 1.00 bits per heavy atom. The minimum atomic E-state index is -0.683. The number of carboxylic acids is 1. The molecule has 0 bridgehead atoms. The lowest BCUT2D eigenvalue weighted by Crippen LogP contribution is -2.62. The van der Waals surface area contributed by atoms with Crippen LogP contribution in [0.5, 0.6) is 0 Å².